The van der Waals surface area contributed by atoms with E-state index in [2.05, 4.69) is 16.9 Å². The summed E-state index contributed by atoms with van der Waals surface area (Å²) in [5.41, 5.74) is 1.59. The quantitative estimate of drug-likeness (QED) is 0.795. The highest BCUT2D eigenvalue weighted by Crippen LogP contribution is 2.13. The van der Waals surface area contributed by atoms with Crippen molar-refractivity contribution in [2.24, 2.45) is 0 Å². The fourth-order valence-corrected chi connectivity index (χ4v) is 2.69. The van der Waals surface area contributed by atoms with Crippen LogP contribution < -0.4 is 5.32 Å². The summed E-state index contributed by atoms with van der Waals surface area (Å²) in [6.07, 6.45) is 3.29. The van der Waals surface area contributed by atoms with E-state index in [9.17, 15) is 9.59 Å². The molecule has 0 bridgehead atoms. The van der Waals surface area contributed by atoms with Crippen molar-refractivity contribution in [1.29, 1.82) is 0 Å². The van der Waals surface area contributed by atoms with Crippen LogP contribution in [0.3, 0.4) is 0 Å². The molecular formula is C17H19N3O2S. The van der Waals surface area contributed by atoms with Crippen LogP contribution in [0.15, 0.2) is 48.5 Å². The van der Waals surface area contributed by atoms with E-state index < -0.39 is 0 Å². The van der Waals surface area contributed by atoms with E-state index in [-0.39, 0.29) is 11.8 Å². The zero-order chi connectivity index (χ0) is 16.7. The zero-order valence-corrected chi connectivity index (χ0v) is 13.8. The number of thiazole rings is 1. The zero-order valence-electron chi connectivity index (χ0n) is 13.0. The van der Waals surface area contributed by atoms with E-state index in [4.69, 9.17) is 0 Å². The molecule has 0 atom stereocenters. The van der Waals surface area contributed by atoms with Gasteiger partial charge in [0.15, 0.2) is 0 Å². The average molecular weight is 329 g/mol. The molecule has 1 N–H and O–H groups in total. The second-order valence-electron chi connectivity index (χ2n) is 4.90. The molecule has 120 valence electrons. The lowest BCUT2D eigenvalue weighted by Crippen LogP contribution is -2.31. The summed E-state index contributed by atoms with van der Waals surface area (Å²) in [7, 11) is 0. The first-order valence-corrected chi connectivity index (χ1v) is 8.18. The Hall–Kier alpha value is -2.47. The molecule has 23 heavy (non-hydrogen) atoms. The molecule has 6 heteroatoms. The van der Waals surface area contributed by atoms with Crippen LogP contribution in [0, 0.1) is 0 Å². The van der Waals surface area contributed by atoms with Crippen LogP contribution in [0.4, 0.5) is 5.69 Å². The topological polar surface area (TPSA) is 62.3 Å². The highest BCUT2D eigenvalue weighted by molar-refractivity contribution is 7.09. The maximum absolute atomic E-state index is 12.4. The molecule has 0 aliphatic heterocycles. The predicted octanol–water partition coefficient (Wildman–Crippen LogP) is 2.86. The van der Waals surface area contributed by atoms with Crippen LogP contribution in [0.1, 0.15) is 17.5 Å². The van der Waals surface area contributed by atoms with Crippen molar-refractivity contribution in [3.8, 4) is 0 Å². The Balaban J connectivity index is 1.95. The van der Waals surface area contributed by atoms with Crippen molar-refractivity contribution >= 4 is 28.8 Å². The van der Waals surface area contributed by atoms with Gasteiger partial charge in [0.1, 0.15) is 5.01 Å². The number of nitrogens with zero attached hydrogens (tertiary/aromatic N) is 2. The molecule has 0 fully saturated rings. The Labute approximate surface area is 139 Å². The average Bonchev–Trinajstić information content (AvgIpc) is 3.07. The minimum Gasteiger partial charge on any atom is -0.336 e. The standard InChI is InChI=1S/C17H19N3O2S/c1-3-15(21)19-14-7-5-13(6-8-14)11-17(22)20(4-2)12-16-18-9-10-23-16/h3,5-10H,1,4,11-12H2,2H3,(H,19,21). The SMILES string of the molecule is C=CC(=O)Nc1ccc(CC(=O)N(CC)Cc2nccs2)cc1. The summed E-state index contributed by atoms with van der Waals surface area (Å²) in [5, 5.41) is 5.52. The van der Waals surface area contributed by atoms with Gasteiger partial charge >= 0.3 is 0 Å². The molecular weight excluding hydrogens is 310 g/mol. The Bertz CT molecular complexity index is 666. The number of aromatic nitrogens is 1. The van der Waals surface area contributed by atoms with Gasteiger partial charge in [0, 0.05) is 23.8 Å². The number of carbonyl (C=O) groups is 2. The summed E-state index contributed by atoms with van der Waals surface area (Å²) >= 11 is 1.55. The van der Waals surface area contributed by atoms with Crippen LogP contribution in [0.25, 0.3) is 0 Å². The first-order valence-electron chi connectivity index (χ1n) is 7.31. The van der Waals surface area contributed by atoms with E-state index in [1.165, 1.54) is 6.08 Å². The number of hydrogen-bond acceptors (Lipinski definition) is 4. The van der Waals surface area contributed by atoms with E-state index in [1.54, 1.807) is 34.6 Å². The molecule has 2 rings (SSSR count). The largest absolute Gasteiger partial charge is 0.336 e. The molecule has 0 aliphatic rings. The second-order valence-corrected chi connectivity index (χ2v) is 5.88. The number of nitrogens with one attached hydrogen (secondary N) is 1. The fourth-order valence-electron chi connectivity index (χ4n) is 2.06. The van der Waals surface area contributed by atoms with Gasteiger partial charge < -0.3 is 10.2 Å². The van der Waals surface area contributed by atoms with Crippen molar-refractivity contribution in [2.75, 3.05) is 11.9 Å². The van der Waals surface area contributed by atoms with Gasteiger partial charge in [-0.1, -0.05) is 18.7 Å². The van der Waals surface area contributed by atoms with Gasteiger partial charge in [-0.05, 0) is 30.7 Å². The highest BCUT2D eigenvalue weighted by atomic mass is 32.1. The maximum Gasteiger partial charge on any atom is 0.247 e. The third-order valence-electron chi connectivity index (χ3n) is 3.31. The number of likely N-dealkylation sites (N-methyl/N-ethyl adjacent to an activating group) is 1. The van der Waals surface area contributed by atoms with Crippen molar-refractivity contribution in [3.63, 3.8) is 0 Å². The highest BCUT2D eigenvalue weighted by Gasteiger charge is 2.14. The Kier molecular flexibility index (Phi) is 6.05. The van der Waals surface area contributed by atoms with Gasteiger partial charge in [-0.3, -0.25) is 9.59 Å². The molecule has 2 amide bonds. The maximum atomic E-state index is 12.4. The molecule has 0 radical (unpaired) electrons. The first-order chi connectivity index (χ1) is 11.1. The normalized spacial score (nSPS) is 10.1. The summed E-state index contributed by atoms with van der Waals surface area (Å²) in [6, 6.07) is 7.24. The molecule has 1 aromatic heterocycles. The molecule has 2 aromatic rings. The van der Waals surface area contributed by atoms with Crippen molar-refractivity contribution in [2.45, 2.75) is 19.9 Å². The summed E-state index contributed by atoms with van der Waals surface area (Å²) in [4.78, 5) is 29.6. The number of carbonyl (C=O) groups excluding carboxylic acids is 2. The van der Waals surface area contributed by atoms with Crippen LogP contribution in [-0.2, 0) is 22.6 Å². The van der Waals surface area contributed by atoms with E-state index in [0.29, 0.717) is 25.2 Å². The molecule has 5 nitrogen and oxygen atoms in total. The predicted molar refractivity (Wildman–Crippen MR) is 92.2 cm³/mol. The number of anilines is 1. The summed E-state index contributed by atoms with van der Waals surface area (Å²) in [6.45, 7) is 6.55. The van der Waals surface area contributed by atoms with E-state index in [0.717, 1.165) is 10.6 Å². The monoisotopic (exact) mass is 329 g/mol. The van der Waals surface area contributed by atoms with E-state index in [1.807, 2.05) is 24.4 Å². The minimum absolute atomic E-state index is 0.0607. The third kappa shape index (κ3) is 5.03. The number of hydrogen-bond donors (Lipinski definition) is 1. The molecule has 0 saturated heterocycles. The molecule has 0 unspecified atom stereocenters. The van der Waals surface area contributed by atoms with Crippen LogP contribution >= 0.6 is 11.3 Å². The van der Waals surface area contributed by atoms with Crippen molar-refractivity contribution < 1.29 is 9.59 Å². The number of rotatable bonds is 7. The Morgan fingerprint density at radius 2 is 2.09 bits per heavy atom. The first kappa shape index (κ1) is 16.9. The van der Waals surface area contributed by atoms with Crippen LogP contribution in [0.5, 0.6) is 0 Å². The van der Waals surface area contributed by atoms with Gasteiger partial charge in [-0.15, -0.1) is 11.3 Å². The smallest absolute Gasteiger partial charge is 0.247 e. The van der Waals surface area contributed by atoms with Gasteiger partial charge in [-0.25, -0.2) is 4.98 Å². The van der Waals surface area contributed by atoms with Crippen LogP contribution in [-0.4, -0.2) is 28.2 Å². The fraction of sp³-hybridized carbons (Fsp3) is 0.235. The van der Waals surface area contributed by atoms with Crippen molar-refractivity contribution in [3.05, 3.63) is 59.1 Å². The minimum atomic E-state index is -0.255. The van der Waals surface area contributed by atoms with Gasteiger partial charge in [-0.2, -0.15) is 0 Å². The lowest BCUT2D eigenvalue weighted by Gasteiger charge is -2.19. The van der Waals surface area contributed by atoms with Gasteiger partial charge in [0.25, 0.3) is 0 Å². The number of benzene rings is 1. The van der Waals surface area contributed by atoms with Gasteiger partial charge in [0.05, 0.1) is 13.0 Å². The molecule has 0 saturated carbocycles. The molecule has 1 heterocycles. The van der Waals surface area contributed by atoms with Crippen molar-refractivity contribution in [1.82, 2.24) is 9.88 Å². The third-order valence-corrected chi connectivity index (χ3v) is 4.07. The second kappa shape index (κ2) is 8.24. The lowest BCUT2D eigenvalue weighted by atomic mass is 10.1. The Morgan fingerprint density at radius 1 is 1.35 bits per heavy atom. The summed E-state index contributed by atoms with van der Waals surface area (Å²) < 4.78 is 0. The molecule has 1 aromatic carbocycles. The Morgan fingerprint density at radius 3 is 2.65 bits per heavy atom. The molecule has 0 aliphatic carbocycles. The van der Waals surface area contributed by atoms with Crippen LogP contribution in [0.2, 0.25) is 0 Å². The van der Waals surface area contributed by atoms with E-state index >= 15 is 0 Å². The number of amides is 2. The van der Waals surface area contributed by atoms with Gasteiger partial charge in [0.2, 0.25) is 11.8 Å². The summed E-state index contributed by atoms with van der Waals surface area (Å²) in [5.74, 6) is -0.194. The lowest BCUT2D eigenvalue weighted by molar-refractivity contribution is -0.130. The molecule has 0 spiro atoms.